The molecule has 0 aliphatic heterocycles. The van der Waals surface area contributed by atoms with Crippen molar-refractivity contribution in [3.8, 4) is 0 Å². The van der Waals surface area contributed by atoms with Crippen molar-refractivity contribution in [2.24, 2.45) is 0 Å². The van der Waals surface area contributed by atoms with Gasteiger partial charge in [-0.15, -0.1) is 0 Å². The molecule has 0 amide bonds. The molecule has 0 radical (unpaired) electrons. The number of hydrogen-bond donors (Lipinski definition) is 0. The normalized spacial score (nSPS) is 11.3. The summed E-state index contributed by atoms with van der Waals surface area (Å²) in [6, 6.07) is 16.1. The number of halogens is 1. The summed E-state index contributed by atoms with van der Waals surface area (Å²) in [4.78, 5) is 8.99. The lowest BCUT2D eigenvalue weighted by Crippen LogP contribution is -2.01. The van der Waals surface area contributed by atoms with E-state index in [-0.39, 0.29) is 0 Å². The molecular formula is C18H15ClN4OS. The van der Waals surface area contributed by atoms with Crippen molar-refractivity contribution in [2.45, 2.75) is 24.4 Å². The fraction of sp³-hybridized carbons (Fsp3) is 0.167. The second-order valence-electron chi connectivity index (χ2n) is 5.62. The molecule has 2 heterocycles. The monoisotopic (exact) mass is 370 g/mol. The van der Waals surface area contributed by atoms with Crippen molar-refractivity contribution in [1.29, 1.82) is 0 Å². The second kappa shape index (κ2) is 6.90. The Morgan fingerprint density at radius 1 is 1.12 bits per heavy atom. The van der Waals surface area contributed by atoms with Crippen molar-refractivity contribution in [2.75, 3.05) is 0 Å². The summed E-state index contributed by atoms with van der Waals surface area (Å²) in [6.45, 7) is 2.55. The van der Waals surface area contributed by atoms with Gasteiger partial charge in [-0.1, -0.05) is 58.9 Å². The number of thioether (sulfide) groups is 1. The number of imidazole rings is 1. The molecule has 2 aromatic carbocycles. The number of rotatable bonds is 5. The van der Waals surface area contributed by atoms with Crippen LogP contribution in [0.5, 0.6) is 0 Å². The van der Waals surface area contributed by atoms with Crippen molar-refractivity contribution in [1.82, 2.24) is 19.7 Å². The van der Waals surface area contributed by atoms with Gasteiger partial charge in [0.1, 0.15) is 0 Å². The van der Waals surface area contributed by atoms with Gasteiger partial charge in [0.25, 0.3) is 0 Å². The van der Waals surface area contributed by atoms with Crippen LogP contribution in [-0.2, 0) is 12.3 Å². The maximum atomic E-state index is 6.13. The predicted molar refractivity (Wildman–Crippen MR) is 98.9 cm³/mol. The first-order valence-electron chi connectivity index (χ1n) is 7.81. The largest absolute Gasteiger partial charge is 0.338 e. The Bertz CT molecular complexity index is 1010. The Kier molecular flexibility index (Phi) is 4.46. The maximum absolute atomic E-state index is 6.13. The van der Waals surface area contributed by atoms with E-state index in [1.54, 1.807) is 11.8 Å². The number of fused-ring (bicyclic) bond motifs is 1. The van der Waals surface area contributed by atoms with Gasteiger partial charge in [-0.05, 0) is 30.7 Å². The molecule has 0 fully saturated rings. The third-order valence-corrected chi connectivity index (χ3v) is 4.95. The predicted octanol–water partition coefficient (Wildman–Crippen LogP) is 4.72. The van der Waals surface area contributed by atoms with Crippen LogP contribution < -0.4 is 0 Å². The third-order valence-electron chi connectivity index (χ3n) is 3.75. The van der Waals surface area contributed by atoms with E-state index in [2.05, 4.69) is 26.8 Å². The smallest absolute Gasteiger partial charge is 0.237 e. The van der Waals surface area contributed by atoms with Gasteiger partial charge >= 0.3 is 0 Å². The molecule has 5 nitrogen and oxygen atoms in total. The summed E-state index contributed by atoms with van der Waals surface area (Å²) in [6.07, 6.45) is 0. The summed E-state index contributed by atoms with van der Waals surface area (Å²) < 4.78 is 7.39. The van der Waals surface area contributed by atoms with Crippen LogP contribution in [0, 0.1) is 6.92 Å². The van der Waals surface area contributed by atoms with Crippen LogP contribution in [0.1, 0.15) is 17.3 Å². The van der Waals surface area contributed by atoms with E-state index < -0.39 is 0 Å². The second-order valence-corrected chi connectivity index (χ2v) is 7.00. The lowest BCUT2D eigenvalue weighted by molar-refractivity contribution is 0.387. The summed E-state index contributed by atoms with van der Waals surface area (Å²) in [5, 5.41) is 5.41. The van der Waals surface area contributed by atoms with Crippen LogP contribution in [0.25, 0.3) is 11.0 Å². The Morgan fingerprint density at radius 3 is 2.72 bits per heavy atom. The molecule has 4 rings (SSSR count). The van der Waals surface area contributed by atoms with Crippen molar-refractivity contribution < 1.29 is 4.52 Å². The van der Waals surface area contributed by atoms with E-state index in [0.717, 1.165) is 22.7 Å². The highest BCUT2D eigenvalue weighted by Gasteiger charge is 2.14. The summed E-state index contributed by atoms with van der Waals surface area (Å²) in [7, 11) is 0. The van der Waals surface area contributed by atoms with E-state index in [1.165, 1.54) is 5.56 Å². The molecule has 0 aliphatic carbocycles. The SMILES string of the molecule is Cc1noc(CSc2nc3cc(Cl)ccc3n2Cc2ccccc2)n1. The van der Waals surface area contributed by atoms with Crippen LogP contribution in [-0.4, -0.2) is 19.7 Å². The van der Waals surface area contributed by atoms with Gasteiger partial charge < -0.3 is 9.09 Å². The minimum atomic E-state index is 0.576. The Labute approximate surface area is 154 Å². The molecule has 0 saturated carbocycles. The van der Waals surface area contributed by atoms with Crippen LogP contribution in [0.3, 0.4) is 0 Å². The van der Waals surface area contributed by atoms with Gasteiger partial charge in [0.15, 0.2) is 11.0 Å². The number of nitrogens with zero attached hydrogens (tertiary/aromatic N) is 4. The summed E-state index contributed by atoms with van der Waals surface area (Å²) in [5.41, 5.74) is 3.15. The topological polar surface area (TPSA) is 56.7 Å². The number of benzene rings is 2. The highest BCUT2D eigenvalue weighted by atomic mass is 35.5. The van der Waals surface area contributed by atoms with Crippen LogP contribution in [0.4, 0.5) is 0 Å². The Balaban J connectivity index is 1.69. The lowest BCUT2D eigenvalue weighted by atomic mass is 10.2. The molecule has 0 saturated heterocycles. The lowest BCUT2D eigenvalue weighted by Gasteiger charge is -2.08. The van der Waals surface area contributed by atoms with Crippen molar-refractivity contribution >= 4 is 34.4 Å². The molecule has 0 N–H and O–H groups in total. The quantitative estimate of drug-likeness (QED) is 0.476. The molecule has 7 heteroatoms. The van der Waals surface area contributed by atoms with Gasteiger partial charge in [0, 0.05) is 5.02 Å². The number of aryl methyl sites for hydroxylation is 1. The number of aromatic nitrogens is 4. The third kappa shape index (κ3) is 3.55. The van der Waals surface area contributed by atoms with Gasteiger partial charge in [-0.3, -0.25) is 0 Å². The van der Waals surface area contributed by atoms with Crippen LogP contribution >= 0.6 is 23.4 Å². The van der Waals surface area contributed by atoms with E-state index >= 15 is 0 Å². The fourth-order valence-corrected chi connectivity index (χ4v) is 3.65. The van der Waals surface area contributed by atoms with Crippen LogP contribution in [0.2, 0.25) is 5.02 Å². The summed E-state index contributed by atoms with van der Waals surface area (Å²) in [5.74, 6) is 1.81. The van der Waals surface area contributed by atoms with Gasteiger partial charge in [0.2, 0.25) is 5.89 Å². The van der Waals surface area contributed by atoms with Crippen LogP contribution in [0.15, 0.2) is 58.2 Å². The van der Waals surface area contributed by atoms with Gasteiger partial charge in [-0.25, -0.2) is 4.98 Å². The molecule has 2 aromatic heterocycles. The molecule has 4 aromatic rings. The van der Waals surface area contributed by atoms with Crippen molar-refractivity contribution in [3.05, 3.63) is 70.8 Å². The first-order valence-corrected chi connectivity index (χ1v) is 9.17. The van der Waals surface area contributed by atoms with Gasteiger partial charge in [-0.2, -0.15) is 4.98 Å². The molecule has 0 unspecified atom stereocenters. The van der Waals surface area contributed by atoms with E-state index in [1.807, 2.05) is 43.3 Å². The molecule has 25 heavy (non-hydrogen) atoms. The zero-order valence-corrected chi connectivity index (χ0v) is 15.1. The van der Waals surface area contributed by atoms with Crippen molar-refractivity contribution in [3.63, 3.8) is 0 Å². The molecule has 0 aliphatic rings. The first-order chi connectivity index (χ1) is 12.2. The molecule has 0 bridgehead atoms. The molecule has 0 spiro atoms. The summed E-state index contributed by atoms with van der Waals surface area (Å²) >= 11 is 7.70. The standard InChI is InChI=1S/C18H15ClN4OS/c1-12-20-17(24-22-12)11-25-18-21-15-9-14(19)7-8-16(15)23(18)10-13-5-3-2-4-6-13/h2-9H,10-11H2,1H3. The number of hydrogen-bond acceptors (Lipinski definition) is 5. The fourth-order valence-electron chi connectivity index (χ4n) is 2.63. The van der Waals surface area contributed by atoms with E-state index in [9.17, 15) is 0 Å². The highest BCUT2D eigenvalue weighted by Crippen LogP contribution is 2.29. The average Bonchev–Trinajstić information content (AvgIpc) is 3.17. The average molecular weight is 371 g/mol. The van der Waals surface area contributed by atoms with E-state index in [4.69, 9.17) is 21.1 Å². The zero-order chi connectivity index (χ0) is 17.2. The molecule has 0 atom stereocenters. The molecular weight excluding hydrogens is 356 g/mol. The minimum absolute atomic E-state index is 0.576. The molecule has 126 valence electrons. The highest BCUT2D eigenvalue weighted by molar-refractivity contribution is 7.98. The maximum Gasteiger partial charge on any atom is 0.237 e. The van der Waals surface area contributed by atoms with Gasteiger partial charge in [0.05, 0.1) is 23.3 Å². The first kappa shape index (κ1) is 16.2. The van der Waals surface area contributed by atoms with E-state index in [0.29, 0.717) is 22.5 Å². The zero-order valence-electron chi connectivity index (χ0n) is 13.5. The Morgan fingerprint density at radius 2 is 1.96 bits per heavy atom. The Hall–Kier alpha value is -2.31. The minimum Gasteiger partial charge on any atom is -0.338 e.